The van der Waals surface area contributed by atoms with Crippen molar-refractivity contribution in [2.75, 3.05) is 44.8 Å². The van der Waals surface area contributed by atoms with E-state index >= 15 is 0 Å². The lowest BCUT2D eigenvalue weighted by Crippen LogP contribution is -2.49. The van der Waals surface area contributed by atoms with E-state index in [0.717, 1.165) is 10.9 Å². The van der Waals surface area contributed by atoms with Crippen LogP contribution in [0, 0.1) is 6.92 Å². The first-order valence-electron chi connectivity index (χ1n) is 10.9. The number of methoxy groups -OCH3 is 1. The Kier molecular flexibility index (Phi) is 6.35. The molecule has 2 heterocycles. The number of carbonyl (C=O) groups is 2. The summed E-state index contributed by atoms with van der Waals surface area (Å²) in [4.78, 5) is 45.1. The third-order valence-electron chi connectivity index (χ3n) is 5.84. The molecule has 172 valence electrons. The minimum Gasteiger partial charge on any atom is -0.497 e. The van der Waals surface area contributed by atoms with E-state index in [-0.39, 0.29) is 18.1 Å². The second-order valence-electron chi connectivity index (χ2n) is 7.95. The number of benzene rings is 2. The third kappa shape index (κ3) is 4.41. The van der Waals surface area contributed by atoms with Gasteiger partial charge in [-0.1, -0.05) is 11.6 Å². The van der Waals surface area contributed by atoms with Gasteiger partial charge in [0.05, 0.1) is 24.9 Å². The molecule has 0 unspecified atom stereocenters. The number of carbonyl (C=O) groups excluding carboxylic acids is 2. The van der Waals surface area contributed by atoms with Crippen LogP contribution in [0.4, 0.5) is 5.69 Å². The monoisotopic (exact) mass is 449 g/mol. The summed E-state index contributed by atoms with van der Waals surface area (Å²) < 4.78 is 10.4. The van der Waals surface area contributed by atoms with Crippen molar-refractivity contribution in [3.63, 3.8) is 0 Å². The summed E-state index contributed by atoms with van der Waals surface area (Å²) in [7, 11) is 1.58. The van der Waals surface area contributed by atoms with Crippen LogP contribution in [0.25, 0.3) is 10.9 Å². The first-order valence-corrected chi connectivity index (χ1v) is 10.9. The molecule has 3 aromatic rings. The van der Waals surface area contributed by atoms with Crippen LogP contribution in [0.15, 0.2) is 47.3 Å². The Bertz CT molecular complexity index is 1240. The number of nitrogens with zero attached hydrogens (tertiary/aromatic N) is 2. The highest BCUT2D eigenvalue weighted by Crippen LogP contribution is 2.30. The van der Waals surface area contributed by atoms with E-state index in [1.165, 1.54) is 0 Å². The number of piperazine rings is 1. The topological polar surface area (TPSA) is 91.9 Å². The molecule has 1 aromatic heterocycles. The van der Waals surface area contributed by atoms with Gasteiger partial charge in [0.25, 0.3) is 11.5 Å². The predicted octanol–water partition coefficient (Wildman–Crippen LogP) is 2.98. The lowest BCUT2D eigenvalue weighted by Gasteiger charge is -2.37. The predicted molar refractivity (Wildman–Crippen MR) is 126 cm³/mol. The van der Waals surface area contributed by atoms with Gasteiger partial charge in [-0.2, -0.15) is 0 Å². The van der Waals surface area contributed by atoms with Crippen molar-refractivity contribution in [3.8, 4) is 5.75 Å². The number of aromatic amines is 1. The fraction of sp³-hybridized carbons (Fsp3) is 0.320. The summed E-state index contributed by atoms with van der Waals surface area (Å²) in [5, 5.41) is 0.785. The Labute approximate surface area is 191 Å². The van der Waals surface area contributed by atoms with E-state index in [1.54, 1.807) is 43.2 Å². The summed E-state index contributed by atoms with van der Waals surface area (Å²) >= 11 is 0. The Morgan fingerprint density at radius 3 is 2.36 bits per heavy atom. The highest BCUT2D eigenvalue weighted by atomic mass is 16.5. The van der Waals surface area contributed by atoms with Crippen LogP contribution >= 0.6 is 0 Å². The quantitative estimate of drug-likeness (QED) is 0.602. The smallest absolute Gasteiger partial charge is 0.345 e. The molecule has 0 bridgehead atoms. The number of H-pyrrole nitrogens is 1. The number of nitrogens with one attached hydrogen (secondary N) is 1. The normalized spacial score (nSPS) is 13.8. The largest absolute Gasteiger partial charge is 0.497 e. The van der Waals surface area contributed by atoms with Gasteiger partial charge in [-0.15, -0.1) is 0 Å². The Hall–Kier alpha value is -3.81. The van der Waals surface area contributed by atoms with Crippen molar-refractivity contribution >= 4 is 28.5 Å². The molecule has 1 saturated heterocycles. The Morgan fingerprint density at radius 1 is 1.03 bits per heavy atom. The van der Waals surface area contributed by atoms with E-state index < -0.39 is 11.5 Å². The molecule has 2 aromatic carbocycles. The van der Waals surface area contributed by atoms with Crippen LogP contribution in [0.5, 0.6) is 5.75 Å². The Balaban J connectivity index is 1.65. The van der Waals surface area contributed by atoms with Gasteiger partial charge in [0.2, 0.25) is 0 Å². The van der Waals surface area contributed by atoms with Gasteiger partial charge < -0.3 is 24.3 Å². The number of anilines is 1. The van der Waals surface area contributed by atoms with Gasteiger partial charge in [-0.25, -0.2) is 4.79 Å². The van der Waals surface area contributed by atoms with Crippen LogP contribution in [0.1, 0.15) is 33.2 Å². The summed E-state index contributed by atoms with van der Waals surface area (Å²) in [6.07, 6.45) is 0. The fourth-order valence-corrected chi connectivity index (χ4v) is 4.16. The lowest BCUT2D eigenvalue weighted by atomic mass is 10.0. The van der Waals surface area contributed by atoms with Crippen molar-refractivity contribution in [3.05, 3.63) is 69.5 Å². The van der Waals surface area contributed by atoms with Crippen LogP contribution < -0.4 is 15.2 Å². The number of hydrogen-bond donors (Lipinski definition) is 1. The molecule has 1 amide bonds. The van der Waals surface area contributed by atoms with E-state index in [1.807, 2.05) is 30.0 Å². The van der Waals surface area contributed by atoms with Gasteiger partial charge in [0.1, 0.15) is 11.3 Å². The van der Waals surface area contributed by atoms with Crippen molar-refractivity contribution in [2.45, 2.75) is 13.8 Å². The number of amides is 1. The van der Waals surface area contributed by atoms with Crippen LogP contribution in [0.2, 0.25) is 0 Å². The van der Waals surface area contributed by atoms with Crippen molar-refractivity contribution < 1.29 is 19.1 Å². The SMILES string of the molecule is CCOC(=O)c1c(N2CCN(C(=O)c3ccc(OC)cc3)CC2)c2cc(C)ccc2[nH]c1=O. The molecule has 0 aliphatic carbocycles. The maximum absolute atomic E-state index is 13.0. The van der Waals surface area contributed by atoms with Gasteiger partial charge in [-0.3, -0.25) is 9.59 Å². The highest BCUT2D eigenvalue weighted by molar-refractivity contribution is 6.05. The molecular formula is C25H27N3O5. The number of aromatic nitrogens is 1. The van der Waals surface area contributed by atoms with E-state index in [0.29, 0.717) is 48.7 Å². The standard InChI is InChI=1S/C25H27N3O5/c1-4-33-25(31)21-22(19-15-16(2)5-10-20(19)26-23(21)29)27-11-13-28(14-12-27)24(30)17-6-8-18(32-3)9-7-17/h5-10,15H,4,11-14H2,1-3H3,(H,26,29). The zero-order chi connectivity index (χ0) is 23.5. The van der Waals surface area contributed by atoms with Crippen LogP contribution in [0.3, 0.4) is 0 Å². The van der Waals surface area contributed by atoms with E-state index in [4.69, 9.17) is 9.47 Å². The van der Waals surface area contributed by atoms with Crippen molar-refractivity contribution in [1.82, 2.24) is 9.88 Å². The molecule has 1 N–H and O–H groups in total. The molecule has 4 rings (SSSR count). The third-order valence-corrected chi connectivity index (χ3v) is 5.84. The zero-order valence-corrected chi connectivity index (χ0v) is 19.0. The maximum Gasteiger partial charge on any atom is 0.345 e. The molecule has 1 aliphatic heterocycles. The molecule has 0 radical (unpaired) electrons. The second-order valence-corrected chi connectivity index (χ2v) is 7.95. The number of aryl methyl sites for hydroxylation is 1. The first kappa shape index (κ1) is 22.4. The van der Waals surface area contributed by atoms with E-state index in [2.05, 4.69) is 4.98 Å². The summed E-state index contributed by atoms with van der Waals surface area (Å²) in [5.41, 5.74) is 2.35. The second kappa shape index (κ2) is 9.36. The lowest BCUT2D eigenvalue weighted by molar-refractivity contribution is 0.0524. The van der Waals surface area contributed by atoms with Gasteiger partial charge in [0, 0.05) is 37.1 Å². The summed E-state index contributed by atoms with van der Waals surface area (Å²) in [5.74, 6) is -0.0113. The van der Waals surface area contributed by atoms with Crippen LogP contribution in [-0.2, 0) is 4.74 Å². The molecule has 33 heavy (non-hydrogen) atoms. The van der Waals surface area contributed by atoms with Gasteiger partial charge in [0.15, 0.2) is 0 Å². The number of esters is 1. The van der Waals surface area contributed by atoms with Crippen molar-refractivity contribution in [2.24, 2.45) is 0 Å². The number of ether oxygens (including phenoxy) is 2. The first-order chi connectivity index (χ1) is 15.9. The van der Waals surface area contributed by atoms with Crippen molar-refractivity contribution in [1.29, 1.82) is 0 Å². The Morgan fingerprint density at radius 2 is 1.73 bits per heavy atom. The number of fused-ring (bicyclic) bond motifs is 1. The number of hydrogen-bond acceptors (Lipinski definition) is 6. The van der Waals surface area contributed by atoms with Crippen LogP contribution in [-0.4, -0.2) is 61.7 Å². The van der Waals surface area contributed by atoms with E-state index in [9.17, 15) is 14.4 Å². The number of rotatable bonds is 5. The fourth-order valence-electron chi connectivity index (χ4n) is 4.16. The maximum atomic E-state index is 13.0. The molecule has 8 nitrogen and oxygen atoms in total. The molecule has 1 fully saturated rings. The molecule has 0 spiro atoms. The zero-order valence-electron chi connectivity index (χ0n) is 19.0. The molecule has 0 atom stereocenters. The minimum atomic E-state index is -0.645. The molecule has 0 saturated carbocycles. The summed E-state index contributed by atoms with van der Waals surface area (Å²) in [6.45, 7) is 5.75. The summed E-state index contributed by atoms with van der Waals surface area (Å²) in [6, 6.07) is 12.7. The molecule has 8 heteroatoms. The molecular weight excluding hydrogens is 422 g/mol. The number of pyridine rings is 1. The minimum absolute atomic E-state index is 0.00452. The highest BCUT2D eigenvalue weighted by Gasteiger charge is 2.29. The average Bonchev–Trinajstić information content (AvgIpc) is 2.83. The molecule has 1 aliphatic rings. The van der Waals surface area contributed by atoms with Gasteiger partial charge in [-0.05, 0) is 50.2 Å². The average molecular weight is 450 g/mol. The van der Waals surface area contributed by atoms with Gasteiger partial charge >= 0.3 is 5.97 Å².